The van der Waals surface area contributed by atoms with Crippen LogP contribution in [0.4, 0.5) is 0 Å². The molecule has 3 atom stereocenters. The number of aliphatic hydroxyl groups excluding tert-OH is 1. The van der Waals surface area contributed by atoms with E-state index >= 15 is 0 Å². The third-order valence-corrected chi connectivity index (χ3v) is 7.61. The molecular weight excluding hydrogens is 384 g/mol. The summed E-state index contributed by atoms with van der Waals surface area (Å²) in [6, 6.07) is 13.1. The summed E-state index contributed by atoms with van der Waals surface area (Å²) in [6.07, 6.45) is 1.87. The molecule has 1 fully saturated rings. The lowest BCUT2D eigenvalue weighted by molar-refractivity contribution is -0.0317. The fourth-order valence-electron chi connectivity index (χ4n) is 5.09. The predicted molar refractivity (Wildman–Crippen MR) is 114 cm³/mol. The van der Waals surface area contributed by atoms with Gasteiger partial charge >= 0.3 is 0 Å². The molecule has 29 heavy (non-hydrogen) atoms. The third kappa shape index (κ3) is 3.04. The van der Waals surface area contributed by atoms with Crippen LogP contribution in [0.1, 0.15) is 59.8 Å². The zero-order valence-corrected chi connectivity index (χ0v) is 17.3. The molecule has 2 N–H and O–H groups in total. The van der Waals surface area contributed by atoms with Gasteiger partial charge in [0.05, 0.1) is 11.0 Å². The number of aromatic hydroxyl groups is 1. The Hall–Kier alpha value is -2.37. The van der Waals surface area contributed by atoms with Crippen LogP contribution in [0.25, 0.3) is 10.1 Å². The number of phenolic OH excluding ortho intramolecular Hbond substituents is 1. The number of hydrogen-bond acceptors (Lipinski definition) is 5. The molecule has 2 aliphatic rings. The quantitative estimate of drug-likeness (QED) is 0.568. The van der Waals surface area contributed by atoms with Crippen LogP contribution in [0.2, 0.25) is 0 Å². The second-order valence-electron chi connectivity index (χ2n) is 8.77. The molecule has 0 bridgehead atoms. The molecule has 150 valence electrons. The third-order valence-electron chi connectivity index (χ3n) is 6.49. The molecular formula is C24H24O4S. The molecule has 0 radical (unpaired) electrons. The lowest BCUT2D eigenvalue weighted by atomic mass is 9.66. The largest absolute Gasteiger partial charge is 0.507 e. The van der Waals surface area contributed by atoms with Crippen molar-refractivity contribution in [1.82, 2.24) is 0 Å². The molecule has 5 heteroatoms. The highest BCUT2D eigenvalue weighted by atomic mass is 32.1. The molecule has 0 unspecified atom stereocenters. The Morgan fingerprint density at radius 2 is 1.97 bits per heavy atom. The molecule has 1 aliphatic heterocycles. The fraction of sp³-hybridized carbons (Fsp3) is 0.375. The fourth-order valence-corrected chi connectivity index (χ4v) is 6.12. The molecule has 0 spiro atoms. The van der Waals surface area contributed by atoms with Gasteiger partial charge in [0.15, 0.2) is 0 Å². The second-order valence-corrected chi connectivity index (χ2v) is 9.85. The Kier molecular flexibility index (Phi) is 4.23. The van der Waals surface area contributed by atoms with Gasteiger partial charge < -0.3 is 14.9 Å². The standard InChI is InChI=1S/C24H24O4S/c1-24(2)17-8-7-15(25)12-16(17)22-18(26)9-14(10-19(22)28-24)23(27)21-11-13-5-3-4-6-20(13)29-21/h3-6,9-11,15-17,25-26H,7-8,12H2,1-2H3/t15-,16-,17-/m1/s1. The maximum Gasteiger partial charge on any atom is 0.203 e. The minimum Gasteiger partial charge on any atom is -0.507 e. The number of ketones is 1. The number of carbonyl (C=O) groups is 1. The summed E-state index contributed by atoms with van der Waals surface area (Å²) < 4.78 is 7.36. The second kappa shape index (κ2) is 6.57. The van der Waals surface area contributed by atoms with Gasteiger partial charge in [0.25, 0.3) is 0 Å². The van der Waals surface area contributed by atoms with Gasteiger partial charge in [-0.25, -0.2) is 0 Å². The first-order valence-electron chi connectivity index (χ1n) is 10.1. The van der Waals surface area contributed by atoms with Crippen molar-refractivity contribution in [3.8, 4) is 11.5 Å². The first-order chi connectivity index (χ1) is 13.8. The van der Waals surface area contributed by atoms with Gasteiger partial charge in [0.2, 0.25) is 5.78 Å². The van der Waals surface area contributed by atoms with E-state index in [1.807, 2.05) is 30.3 Å². The molecule has 4 nitrogen and oxygen atoms in total. The van der Waals surface area contributed by atoms with Crippen LogP contribution in [-0.2, 0) is 0 Å². The highest BCUT2D eigenvalue weighted by molar-refractivity contribution is 7.21. The van der Waals surface area contributed by atoms with Crippen molar-refractivity contribution < 1.29 is 19.7 Å². The summed E-state index contributed by atoms with van der Waals surface area (Å²) in [5.41, 5.74) is 0.753. The Bertz CT molecular complexity index is 1080. The minimum absolute atomic E-state index is 0.0333. The number of ether oxygens (including phenoxy) is 1. The number of fused-ring (bicyclic) bond motifs is 4. The summed E-state index contributed by atoms with van der Waals surface area (Å²) in [4.78, 5) is 13.8. The molecule has 0 amide bonds. The normalized spacial score (nSPS) is 25.1. The average Bonchev–Trinajstić information content (AvgIpc) is 3.10. The van der Waals surface area contributed by atoms with Gasteiger partial charge in [-0.2, -0.15) is 0 Å². The SMILES string of the molecule is CC1(C)Oc2cc(C(=O)c3cc4ccccc4s3)cc(O)c2[C@@H]2C[C@H](O)CC[C@H]21. The van der Waals surface area contributed by atoms with Crippen molar-refractivity contribution in [2.24, 2.45) is 5.92 Å². The van der Waals surface area contributed by atoms with Gasteiger partial charge in [-0.05, 0) is 62.8 Å². The number of phenols is 1. The summed E-state index contributed by atoms with van der Waals surface area (Å²) >= 11 is 1.46. The van der Waals surface area contributed by atoms with Gasteiger partial charge in [0.1, 0.15) is 17.1 Å². The number of rotatable bonds is 2. The Morgan fingerprint density at radius 3 is 2.76 bits per heavy atom. The molecule has 1 saturated carbocycles. The first-order valence-corrected chi connectivity index (χ1v) is 10.9. The smallest absolute Gasteiger partial charge is 0.203 e. The van der Waals surface area contributed by atoms with Crippen molar-refractivity contribution in [1.29, 1.82) is 0 Å². The molecule has 2 heterocycles. The van der Waals surface area contributed by atoms with Crippen LogP contribution in [0.5, 0.6) is 11.5 Å². The molecule has 3 aromatic rings. The van der Waals surface area contributed by atoms with Gasteiger partial charge in [-0.15, -0.1) is 11.3 Å². The van der Waals surface area contributed by atoms with Crippen molar-refractivity contribution in [2.75, 3.05) is 0 Å². The summed E-state index contributed by atoms with van der Waals surface area (Å²) in [7, 11) is 0. The van der Waals surface area contributed by atoms with Gasteiger partial charge in [-0.3, -0.25) is 4.79 Å². The summed E-state index contributed by atoms with van der Waals surface area (Å²) in [6.45, 7) is 4.12. The molecule has 2 aromatic carbocycles. The molecule has 0 saturated heterocycles. The van der Waals surface area contributed by atoms with Crippen LogP contribution >= 0.6 is 11.3 Å². The summed E-state index contributed by atoms with van der Waals surface area (Å²) in [5, 5.41) is 22.1. The number of benzene rings is 2. The van der Waals surface area contributed by atoms with E-state index in [0.717, 1.165) is 28.5 Å². The van der Waals surface area contributed by atoms with Crippen LogP contribution in [0.15, 0.2) is 42.5 Å². The Balaban J connectivity index is 1.57. The Labute approximate surface area is 173 Å². The molecule has 1 aromatic heterocycles. The maximum atomic E-state index is 13.2. The number of carbonyl (C=O) groups excluding carboxylic acids is 1. The maximum absolute atomic E-state index is 13.2. The van der Waals surface area contributed by atoms with Crippen molar-refractivity contribution in [2.45, 2.75) is 50.7 Å². The zero-order chi connectivity index (χ0) is 20.3. The predicted octanol–water partition coefficient (Wildman–Crippen LogP) is 5.25. The van der Waals surface area contributed by atoms with Crippen molar-refractivity contribution in [3.63, 3.8) is 0 Å². The van der Waals surface area contributed by atoms with E-state index in [-0.39, 0.29) is 29.5 Å². The van der Waals surface area contributed by atoms with E-state index in [9.17, 15) is 15.0 Å². The first kappa shape index (κ1) is 18.6. The van der Waals surface area contributed by atoms with Crippen molar-refractivity contribution >= 4 is 27.2 Å². The zero-order valence-electron chi connectivity index (χ0n) is 16.5. The molecule has 5 rings (SSSR count). The average molecular weight is 409 g/mol. The molecule has 1 aliphatic carbocycles. The van der Waals surface area contributed by atoms with Crippen LogP contribution in [-0.4, -0.2) is 27.7 Å². The van der Waals surface area contributed by atoms with Gasteiger partial charge in [-0.1, -0.05) is 18.2 Å². The van der Waals surface area contributed by atoms with E-state index in [2.05, 4.69) is 13.8 Å². The minimum atomic E-state index is -0.413. The van der Waals surface area contributed by atoms with E-state index in [1.165, 1.54) is 11.3 Å². The van der Waals surface area contributed by atoms with E-state index in [0.29, 0.717) is 22.6 Å². The van der Waals surface area contributed by atoms with E-state index in [1.54, 1.807) is 12.1 Å². The van der Waals surface area contributed by atoms with Crippen molar-refractivity contribution in [3.05, 3.63) is 58.5 Å². The topological polar surface area (TPSA) is 66.8 Å². The number of aliphatic hydroxyl groups is 1. The number of hydrogen-bond donors (Lipinski definition) is 2. The highest BCUT2D eigenvalue weighted by Gasteiger charge is 2.47. The van der Waals surface area contributed by atoms with Gasteiger partial charge in [0, 0.05) is 27.7 Å². The van der Waals surface area contributed by atoms with E-state index < -0.39 is 5.60 Å². The monoisotopic (exact) mass is 408 g/mol. The lowest BCUT2D eigenvalue weighted by Crippen LogP contribution is -2.47. The van der Waals surface area contributed by atoms with Crippen LogP contribution in [0, 0.1) is 5.92 Å². The van der Waals surface area contributed by atoms with Crippen LogP contribution in [0.3, 0.4) is 0 Å². The number of thiophene rings is 1. The van der Waals surface area contributed by atoms with Crippen LogP contribution < -0.4 is 4.74 Å². The highest BCUT2D eigenvalue weighted by Crippen LogP contribution is 2.54. The summed E-state index contributed by atoms with van der Waals surface area (Å²) in [5.74, 6) is 0.803. The van der Waals surface area contributed by atoms with E-state index in [4.69, 9.17) is 4.74 Å². The Morgan fingerprint density at radius 1 is 1.17 bits per heavy atom. The lowest BCUT2D eigenvalue weighted by Gasteiger charge is -2.48.